The highest BCUT2D eigenvalue weighted by molar-refractivity contribution is 7.45. The maximum Gasteiger partial charge on any atom is 0.306 e. The Morgan fingerprint density at radius 1 is 0.427 bits per heavy atom. The number of likely N-dealkylation sites (N-methyl/N-ethyl adjacent to an activating group) is 1. The van der Waals surface area contributed by atoms with Crippen LogP contribution in [0.5, 0.6) is 0 Å². The average Bonchev–Trinajstić information content (AvgIpc) is 3.44. The van der Waals surface area contributed by atoms with E-state index in [0.717, 1.165) is 89.9 Å². The van der Waals surface area contributed by atoms with Crippen LogP contribution in [0.3, 0.4) is 0 Å². The van der Waals surface area contributed by atoms with E-state index in [9.17, 15) is 19.0 Å². The van der Waals surface area contributed by atoms with Gasteiger partial charge in [-0.05, 0) is 109 Å². The van der Waals surface area contributed by atoms with Crippen LogP contribution in [0.15, 0.2) is 85.1 Å². The van der Waals surface area contributed by atoms with Crippen molar-refractivity contribution in [1.82, 2.24) is 5.32 Å². The lowest BCUT2D eigenvalue weighted by atomic mass is 10.0. The van der Waals surface area contributed by atoms with Gasteiger partial charge in [0.25, 0.3) is 7.82 Å². The molecule has 0 aromatic heterocycles. The highest BCUT2D eigenvalue weighted by Crippen LogP contribution is 2.38. The van der Waals surface area contributed by atoms with E-state index >= 15 is 0 Å². The Morgan fingerprint density at radius 3 is 1.13 bits per heavy atom. The Balaban J connectivity index is 5.08. The molecule has 0 aromatic carbocycles. The molecule has 0 aliphatic heterocycles. The Bertz CT molecular complexity index is 1680. The van der Waals surface area contributed by atoms with Gasteiger partial charge in [0.15, 0.2) is 0 Å². The topological polar surface area (TPSA) is 114 Å². The molecule has 0 aliphatic carbocycles. The van der Waals surface area contributed by atoms with Crippen molar-refractivity contribution in [1.29, 1.82) is 0 Å². The van der Waals surface area contributed by atoms with E-state index in [1.807, 2.05) is 33.3 Å². The molecular formula is C72H131N2O7P. The first-order valence-corrected chi connectivity index (χ1v) is 35.9. The van der Waals surface area contributed by atoms with Gasteiger partial charge in [-0.3, -0.25) is 14.2 Å². The van der Waals surface area contributed by atoms with E-state index in [1.54, 1.807) is 0 Å². The molecule has 0 rings (SSSR count). The molecule has 0 heterocycles. The second kappa shape index (κ2) is 61.3. The molecule has 0 bridgehead atoms. The summed E-state index contributed by atoms with van der Waals surface area (Å²) in [5.41, 5.74) is 0. The number of ether oxygens (including phenoxy) is 1. The lowest BCUT2D eigenvalue weighted by molar-refractivity contribution is -0.870. The lowest BCUT2D eigenvalue weighted by Crippen LogP contribution is -2.47. The van der Waals surface area contributed by atoms with Crippen molar-refractivity contribution in [3.05, 3.63) is 85.1 Å². The summed E-state index contributed by atoms with van der Waals surface area (Å²) in [5.74, 6) is -0.562. The van der Waals surface area contributed by atoms with E-state index in [0.29, 0.717) is 17.4 Å². The third-order valence-corrected chi connectivity index (χ3v) is 16.0. The molecule has 3 unspecified atom stereocenters. The monoisotopic (exact) mass is 1170 g/mol. The Kier molecular flexibility index (Phi) is 59.2. The second-order valence-corrected chi connectivity index (χ2v) is 25.7. The van der Waals surface area contributed by atoms with Crippen LogP contribution in [-0.4, -0.2) is 69.4 Å². The fraction of sp³-hybridized carbons (Fsp3) is 0.778. The molecule has 476 valence electrons. The van der Waals surface area contributed by atoms with Gasteiger partial charge in [-0.2, -0.15) is 0 Å². The number of quaternary nitrogens is 1. The van der Waals surface area contributed by atoms with Gasteiger partial charge in [0.05, 0.1) is 33.8 Å². The van der Waals surface area contributed by atoms with Gasteiger partial charge in [0, 0.05) is 12.8 Å². The summed E-state index contributed by atoms with van der Waals surface area (Å²) in [7, 11) is 1.17. The molecule has 82 heavy (non-hydrogen) atoms. The number of phosphoric ester groups is 1. The number of carbonyl (C=O) groups excluding carboxylic acids is 2. The molecule has 1 amide bonds. The molecule has 0 radical (unpaired) electrons. The van der Waals surface area contributed by atoms with E-state index < -0.39 is 26.6 Å². The minimum Gasteiger partial charge on any atom is -0.756 e. The number of phosphoric acid groups is 1. The third kappa shape index (κ3) is 61.7. The second-order valence-electron chi connectivity index (χ2n) is 24.3. The Labute approximate surface area is 507 Å². The molecule has 1 N–H and O–H groups in total. The predicted octanol–water partition coefficient (Wildman–Crippen LogP) is 21.1. The van der Waals surface area contributed by atoms with Gasteiger partial charge in [-0.1, -0.05) is 273 Å². The van der Waals surface area contributed by atoms with Gasteiger partial charge in [-0.25, -0.2) is 0 Å². The summed E-state index contributed by atoms with van der Waals surface area (Å²) in [5, 5.41) is 3.02. The molecule has 0 fully saturated rings. The zero-order chi connectivity index (χ0) is 60.0. The van der Waals surface area contributed by atoms with Crippen LogP contribution in [-0.2, 0) is 27.9 Å². The van der Waals surface area contributed by atoms with Crippen molar-refractivity contribution in [3.8, 4) is 0 Å². The number of rotatable bonds is 62. The molecule has 10 heteroatoms. The van der Waals surface area contributed by atoms with Crippen LogP contribution >= 0.6 is 7.82 Å². The SMILES string of the molecule is CCCCC/C=C\C/C=C\C/C=C\CCCCCCCCCCCCCCCCC(=O)OC(/C=C\CCCCCCCCCCCC)C(COP(=O)([O-])OCC[N+](C)(C)C)NC(=O)CCCCCC/C=C\C/C=C\C/C=C\CCCCC. The van der Waals surface area contributed by atoms with Crippen LogP contribution in [0.4, 0.5) is 0 Å². The van der Waals surface area contributed by atoms with E-state index in [2.05, 4.69) is 99.0 Å². The normalized spacial score (nSPS) is 14.1. The average molecular weight is 1170 g/mol. The summed E-state index contributed by atoms with van der Waals surface area (Å²) in [6.45, 7) is 6.79. The molecule has 9 nitrogen and oxygen atoms in total. The van der Waals surface area contributed by atoms with Crippen LogP contribution in [0.2, 0.25) is 0 Å². The van der Waals surface area contributed by atoms with Crippen molar-refractivity contribution < 1.29 is 37.3 Å². The molecule has 3 atom stereocenters. The van der Waals surface area contributed by atoms with Crippen LogP contribution in [0, 0.1) is 0 Å². The quantitative estimate of drug-likeness (QED) is 0.0212. The van der Waals surface area contributed by atoms with Crippen molar-refractivity contribution in [2.75, 3.05) is 40.9 Å². The lowest BCUT2D eigenvalue weighted by Gasteiger charge is -2.30. The summed E-state index contributed by atoms with van der Waals surface area (Å²) in [6, 6.07) is -0.904. The summed E-state index contributed by atoms with van der Waals surface area (Å²) < 4.78 is 30.4. The van der Waals surface area contributed by atoms with Crippen LogP contribution in [0.25, 0.3) is 0 Å². The fourth-order valence-corrected chi connectivity index (χ4v) is 10.4. The van der Waals surface area contributed by atoms with Gasteiger partial charge >= 0.3 is 5.97 Å². The van der Waals surface area contributed by atoms with Gasteiger partial charge in [-0.15, -0.1) is 0 Å². The molecule has 0 aliphatic rings. The predicted molar refractivity (Wildman–Crippen MR) is 353 cm³/mol. The van der Waals surface area contributed by atoms with E-state index in [1.165, 1.54) is 180 Å². The smallest absolute Gasteiger partial charge is 0.306 e. The fourth-order valence-electron chi connectivity index (χ4n) is 9.71. The maximum atomic E-state index is 13.6. The van der Waals surface area contributed by atoms with Gasteiger partial charge in [0.2, 0.25) is 5.91 Å². The molecular weight excluding hydrogens is 1040 g/mol. The number of allylic oxidation sites excluding steroid dienone is 13. The van der Waals surface area contributed by atoms with Crippen molar-refractivity contribution in [2.24, 2.45) is 0 Å². The number of nitrogens with one attached hydrogen (secondary N) is 1. The number of esters is 1. The zero-order valence-corrected chi connectivity index (χ0v) is 55.3. The Hall–Kier alpha value is -2.81. The van der Waals surface area contributed by atoms with Crippen molar-refractivity contribution in [2.45, 2.75) is 322 Å². The van der Waals surface area contributed by atoms with Crippen LogP contribution < -0.4 is 10.2 Å². The molecule has 0 spiro atoms. The third-order valence-electron chi connectivity index (χ3n) is 15.0. The van der Waals surface area contributed by atoms with Gasteiger partial charge in [0.1, 0.15) is 19.3 Å². The minimum absolute atomic E-state index is 0.0292. The summed E-state index contributed by atoms with van der Waals surface area (Å²) >= 11 is 0. The first-order valence-electron chi connectivity index (χ1n) is 34.4. The van der Waals surface area contributed by atoms with Crippen molar-refractivity contribution in [3.63, 3.8) is 0 Å². The zero-order valence-electron chi connectivity index (χ0n) is 54.4. The standard InChI is InChI=1S/C72H131N2O7P/c1-7-10-13-16-19-22-25-28-30-32-33-34-35-36-37-38-39-40-41-43-45-47-50-53-56-59-62-65-72(76)81-70(63-60-57-54-51-48-27-24-21-18-15-12-9-3)69(68-80-82(77,78)79-67-66-74(4,5)6)73-71(75)64-61-58-55-52-49-46-44-42-31-29-26-23-20-17-14-11-8-2/h19-20,22-23,28-31,33-34,44,46,60,63,69-70H,7-18,21,24-27,32,35-43,45,47-59,61-62,64-68H2,1-6H3,(H-,73,75,77,78)/b22-19-,23-20-,30-28-,31-29-,34-33-,46-44-,63-60-. The number of unbranched alkanes of at least 4 members (excludes halogenated alkanes) is 34. The number of amides is 1. The maximum absolute atomic E-state index is 13.6. The highest BCUT2D eigenvalue weighted by atomic mass is 31.2. The summed E-state index contributed by atoms with van der Waals surface area (Å²) in [4.78, 5) is 40.1. The van der Waals surface area contributed by atoms with E-state index in [4.69, 9.17) is 13.8 Å². The Morgan fingerprint density at radius 2 is 0.744 bits per heavy atom. The summed E-state index contributed by atoms with van der Waals surface area (Å²) in [6.07, 6.45) is 81.3. The highest BCUT2D eigenvalue weighted by Gasteiger charge is 2.27. The number of nitrogens with zero attached hydrogens (tertiary/aromatic N) is 1. The molecule has 0 saturated carbocycles. The van der Waals surface area contributed by atoms with Crippen molar-refractivity contribution >= 4 is 19.7 Å². The molecule has 0 saturated heterocycles. The number of carbonyl (C=O) groups is 2. The first kappa shape index (κ1) is 79.2. The van der Waals surface area contributed by atoms with Gasteiger partial charge < -0.3 is 28.5 Å². The minimum atomic E-state index is -4.71. The largest absolute Gasteiger partial charge is 0.756 e. The first-order chi connectivity index (χ1) is 39.9. The number of hydrogen-bond donors (Lipinski definition) is 1. The number of hydrogen-bond acceptors (Lipinski definition) is 7. The van der Waals surface area contributed by atoms with Crippen LogP contribution in [0.1, 0.15) is 310 Å². The molecule has 0 aromatic rings. The van der Waals surface area contributed by atoms with E-state index in [-0.39, 0.29) is 31.3 Å².